The molecule has 0 bridgehead atoms. The van der Waals surface area contributed by atoms with Crippen molar-refractivity contribution in [2.24, 2.45) is 0 Å². The van der Waals surface area contributed by atoms with E-state index in [0.717, 1.165) is 5.56 Å². The largest absolute Gasteiger partial charge is 0.493 e. The van der Waals surface area contributed by atoms with Crippen molar-refractivity contribution in [2.75, 3.05) is 14.2 Å². The molecule has 112 valence electrons. The van der Waals surface area contributed by atoms with Gasteiger partial charge in [-0.2, -0.15) is 0 Å². The van der Waals surface area contributed by atoms with E-state index in [1.807, 2.05) is 6.07 Å². The van der Waals surface area contributed by atoms with Crippen LogP contribution in [0.15, 0.2) is 36.4 Å². The van der Waals surface area contributed by atoms with Crippen molar-refractivity contribution >= 4 is 11.6 Å². The monoisotopic (exact) mass is 310 g/mol. The van der Waals surface area contributed by atoms with Crippen LogP contribution in [0.5, 0.6) is 11.5 Å². The number of hydrogen-bond acceptors (Lipinski definition) is 3. The molecule has 0 heterocycles. The summed E-state index contributed by atoms with van der Waals surface area (Å²) >= 11 is 5.73. The number of aliphatic hydroxyl groups is 1. The molecule has 0 aliphatic rings. The number of methoxy groups -OCH3 is 2. The van der Waals surface area contributed by atoms with Crippen LogP contribution >= 0.6 is 11.6 Å². The molecule has 2 aromatic carbocycles. The molecule has 2 aromatic rings. The van der Waals surface area contributed by atoms with Crippen molar-refractivity contribution in [3.05, 3.63) is 58.4 Å². The highest BCUT2D eigenvalue weighted by atomic mass is 35.5. The predicted molar refractivity (Wildman–Crippen MR) is 79.6 cm³/mol. The summed E-state index contributed by atoms with van der Waals surface area (Å²) in [5.74, 6) is 0.721. The fourth-order valence-electron chi connectivity index (χ4n) is 2.07. The lowest BCUT2D eigenvalue weighted by Gasteiger charge is -2.14. The second-order valence-corrected chi connectivity index (χ2v) is 4.99. The second kappa shape index (κ2) is 6.78. The van der Waals surface area contributed by atoms with Crippen LogP contribution in [0.25, 0.3) is 0 Å². The van der Waals surface area contributed by atoms with E-state index in [-0.39, 0.29) is 5.02 Å². The van der Waals surface area contributed by atoms with Crippen molar-refractivity contribution in [1.29, 1.82) is 0 Å². The van der Waals surface area contributed by atoms with Gasteiger partial charge in [0.15, 0.2) is 11.5 Å². The fraction of sp³-hybridized carbons (Fsp3) is 0.250. The molecule has 0 amide bonds. The van der Waals surface area contributed by atoms with E-state index in [0.29, 0.717) is 23.5 Å². The highest BCUT2D eigenvalue weighted by molar-refractivity contribution is 6.30. The topological polar surface area (TPSA) is 38.7 Å². The average molecular weight is 311 g/mol. The maximum Gasteiger partial charge on any atom is 0.160 e. The SMILES string of the molecule is COc1ccc(CC(O)c2ccc(F)c(Cl)c2)cc1OC. The van der Waals surface area contributed by atoms with Crippen molar-refractivity contribution in [1.82, 2.24) is 0 Å². The number of aliphatic hydroxyl groups excluding tert-OH is 1. The van der Waals surface area contributed by atoms with Crippen LogP contribution in [0.4, 0.5) is 4.39 Å². The molecule has 1 unspecified atom stereocenters. The lowest BCUT2D eigenvalue weighted by molar-refractivity contribution is 0.178. The Kier molecular flexibility index (Phi) is 5.04. The lowest BCUT2D eigenvalue weighted by Crippen LogP contribution is -2.03. The highest BCUT2D eigenvalue weighted by Crippen LogP contribution is 2.30. The molecule has 0 aromatic heterocycles. The van der Waals surface area contributed by atoms with E-state index < -0.39 is 11.9 Å². The minimum absolute atomic E-state index is 0.00105. The molecule has 5 heteroatoms. The van der Waals surface area contributed by atoms with Gasteiger partial charge in [-0.05, 0) is 35.4 Å². The zero-order valence-corrected chi connectivity index (χ0v) is 12.5. The lowest BCUT2D eigenvalue weighted by atomic mass is 10.0. The molecule has 21 heavy (non-hydrogen) atoms. The van der Waals surface area contributed by atoms with Gasteiger partial charge in [0.05, 0.1) is 25.3 Å². The number of ether oxygens (including phenoxy) is 2. The van der Waals surface area contributed by atoms with E-state index >= 15 is 0 Å². The van der Waals surface area contributed by atoms with Crippen LogP contribution in [0.1, 0.15) is 17.2 Å². The molecular formula is C16H16ClFO3. The zero-order chi connectivity index (χ0) is 15.4. The molecule has 1 N–H and O–H groups in total. The smallest absolute Gasteiger partial charge is 0.160 e. The molecule has 2 rings (SSSR count). The first-order chi connectivity index (χ1) is 10.0. The summed E-state index contributed by atoms with van der Waals surface area (Å²) in [5, 5.41) is 10.2. The Morgan fingerprint density at radius 3 is 2.43 bits per heavy atom. The first kappa shape index (κ1) is 15.6. The number of halogens is 2. The Balaban J connectivity index is 2.18. The molecule has 0 fully saturated rings. The molecule has 0 spiro atoms. The van der Waals surface area contributed by atoms with Gasteiger partial charge in [0.25, 0.3) is 0 Å². The molecule has 0 saturated heterocycles. The molecular weight excluding hydrogens is 295 g/mol. The first-order valence-electron chi connectivity index (χ1n) is 6.39. The van der Waals surface area contributed by atoms with Crippen LogP contribution in [-0.4, -0.2) is 19.3 Å². The van der Waals surface area contributed by atoms with Crippen LogP contribution in [0.2, 0.25) is 5.02 Å². The Morgan fingerprint density at radius 1 is 1.10 bits per heavy atom. The van der Waals surface area contributed by atoms with Gasteiger partial charge in [0.1, 0.15) is 5.82 Å². The van der Waals surface area contributed by atoms with Crippen molar-refractivity contribution in [2.45, 2.75) is 12.5 Å². The summed E-state index contributed by atoms with van der Waals surface area (Å²) in [4.78, 5) is 0. The maximum atomic E-state index is 13.1. The molecule has 0 saturated carbocycles. The maximum absolute atomic E-state index is 13.1. The van der Waals surface area contributed by atoms with E-state index in [2.05, 4.69) is 0 Å². The average Bonchev–Trinajstić information content (AvgIpc) is 2.49. The summed E-state index contributed by atoms with van der Waals surface area (Å²) in [5.41, 5.74) is 1.44. The van der Waals surface area contributed by atoms with E-state index in [1.165, 1.54) is 18.2 Å². The third-order valence-electron chi connectivity index (χ3n) is 3.21. The Morgan fingerprint density at radius 2 is 1.81 bits per heavy atom. The van der Waals surface area contributed by atoms with E-state index in [9.17, 15) is 9.50 Å². The van der Waals surface area contributed by atoms with Crippen LogP contribution in [0, 0.1) is 5.82 Å². The molecule has 0 aliphatic heterocycles. The van der Waals surface area contributed by atoms with E-state index in [1.54, 1.807) is 26.4 Å². The van der Waals surface area contributed by atoms with Gasteiger partial charge in [0, 0.05) is 6.42 Å². The number of hydrogen-bond donors (Lipinski definition) is 1. The van der Waals surface area contributed by atoms with E-state index in [4.69, 9.17) is 21.1 Å². The highest BCUT2D eigenvalue weighted by Gasteiger charge is 2.13. The van der Waals surface area contributed by atoms with Crippen molar-refractivity contribution in [3.8, 4) is 11.5 Å². The zero-order valence-electron chi connectivity index (χ0n) is 11.8. The second-order valence-electron chi connectivity index (χ2n) is 4.58. The van der Waals surface area contributed by atoms with Gasteiger partial charge in [0.2, 0.25) is 0 Å². The number of benzene rings is 2. The van der Waals surface area contributed by atoms with Crippen LogP contribution in [-0.2, 0) is 6.42 Å². The molecule has 1 atom stereocenters. The molecule has 0 radical (unpaired) electrons. The van der Waals surface area contributed by atoms with Gasteiger partial charge in [-0.25, -0.2) is 4.39 Å². The quantitative estimate of drug-likeness (QED) is 0.913. The van der Waals surface area contributed by atoms with Gasteiger partial charge in [-0.15, -0.1) is 0 Å². The minimum atomic E-state index is -0.777. The van der Waals surface area contributed by atoms with Gasteiger partial charge in [-0.1, -0.05) is 23.7 Å². The summed E-state index contributed by atoms with van der Waals surface area (Å²) in [7, 11) is 3.12. The third-order valence-corrected chi connectivity index (χ3v) is 3.50. The first-order valence-corrected chi connectivity index (χ1v) is 6.77. The molecule has 0 aliphatic carbocycles. The summed E-state index contributed by atoms with van der Waals surface area (Å²) < 4.78 is 23.5. The van der Waals surface area contributed by atoms with Crippen LogP contribution in [0.3, 0.4) is 0 Å². The summed E-state index contributed by atoms with van der Waals surface area (Å²) in [6.45, 7) is 0. The molecule has 3 nitrogen and oxygen atoms in total. The Labute approximate surface area is 127 Å². The Hall–Kier alpha value is -1.78. The van der Waals surface area contributed by atoms with Gasteiger partial charge >= 0.3 is 0 Å². The minimum Gasteiger partial charge on any atom is -0.493 e. The third kappa shape index (κ3) is 3.65. The fourth-order valence-corrected chi connectivity index (χ4v) is 2.26. The van der Waals surface area contributed by atoms with Crippen molar-refractivity contribution < 1.29 is 19.0 Å². The number of rotatable bonds is 5. The van der Waals surface area contributed by atoms with Gasteiger partial charge < -0.3 is 14.6 Å². The summed E-state index contributed by atoms with van der Waals surface area (Å²) in [6, 6.07) is 9.62. The van der Waals surface area contributed by atoms with Crippen LogP contribution < -0.4 is 9.47 Å². The predicted octanol–water partition coefficient (Wildman–Crippen LogP) is 3.77. The van der Waals surface area contributed by atoms with Gasteiger partial charge in [-0.3, -0.25) is 0 Å². The summed E-state index contributed by atoms with van der Waals surface area (Å²) in [6.07, 6.45) is -0.413. The Bertz CT molecular complexity index is 631. The normalized spacial score (nSPS) is 12.0. The van der Waals surface area contributed by atoms with Crippen molar-refractivity contribution in [3.63, 3.8) is 0 Å². The standard InChI is InChI=1S/C16H16ClFO3/c1-20-15-6-3-10(8-16(15)21-2)7-14(19)11-4-5-13(18)12(17)9-11/h3-6,8-9,14,19H,7H2,1-2H3.